The smallest absolute Gasteiger partial charge is 0.320 e. The fourth-order valence-electron chi connectivity index (χ4n) is 2.87. The van der Waals surface area contributed by atoms with Crippen LogP contribution in [0.5, 0.6) is 0 Å². The van der Waals surface area contributed by atoms with Crippen molar-refractivity contribution in [2.45, 2.75) is 44.7 Å². The van der Waals surface area contributed by atoms with Crippen LogP contribution >= 0.6 is 11.3 Å². The Morgan fingerprint density at radius 1 is 1.13 bits per heavy atom. The quantitative estimate of drug-likeness (QED) is 0.794. The van der Waals surface area contributed by atoms with Gasteiger partial charge < -0.3 is 10.6 Å². The molecule has 23 heavy (non-hydrogen) atoms. The Morgan fingerprint density at radius 2 is 1.91 bits per heavy atom. The van der Waals surface area contributed by atoms with Gasteiger partial charge in [-0.25, -0.2) is 9.78 Å². The minimum absolute atomic E-state index is 0.104. The van der Waals surface area contributed by atoms with Crippen molar-refractivity contribution < 1.29 is 4.79 Å². The Morgan fingerprint density at radius 3 is 2.57 bits per heavy atom. The molecule has 0 unspecified atom stereocenters. The molecule has 0 radical (unpaired) electrons. The molecule has 0 spiro atoms. The zero-order valence-corrected chi connectivity index (χ0v) is 14.0. The van der Waals surface area contributed by atoms with Crippen molar-refractivity contribution in [2.75, 3.05) is 10.6 Å². The second kappa shape index (κ2) is 7.46. The van der Waals surface area contributed by atoms with Crippen molar-refractivity contribution in [1.29, 1.82) is 0 Å². The topological polar surface area (TPSA) is 66.1 Å². The van der Waals surface area contributed by atoms with Gasteiger partial charge >= 0.3 is 6.03 Å². The first-order chi connectivity index (χ1) is 11.2. The van der Waals surface area contributed by atoms with Gasteiger partial charge in [0.15, 0.2) is 0 Å². The maximum Gasteiger partial charge on any atom is 0.320 e. The fourth-order valence-corrected chi connectivity index (χ4v) is 3.64. The van der Waals surface area contributed by atoms with Gasteiger partial charge in [-0.2, -0.15) is 0 Å². The number of anilines is 2. The lowest BCUT2D eigenvalue weighted by molar-refractivity contribution is 0.243. The summed E-state index contributed by atoms with van der Waals surface area (Å²) < 4.78 is 0. The Labute approximate surface area is 140 Å². The lowest BCUT2D eigenvalue weighted by Gasteiger charge is -2.29. The molecule has 6 heteroatoms. The molecule has 1 aliphatic rings. The summed E-state index contributed by atoms with van der Waals surface area (Å²) in [5, 5.41) is 10.3. The van der Waals surface area contributed by atoms with Gasteiger partial charge in [0.1, 0.15) is 5.82 Å². The maximum atomic E-state index is 12.0. The van der Waals surface area contributed by atoms with Crippen LogP contribution in [0.15, 0.2) is 36.5 Å². The third-order valence-corrected chi connectivity index (χ3v) is 4.97. The highest BCUT2D eigenvalue weighted by Crippen LogP contribution is 2.23. The molecule has 3 rings (SSSR count). The number of pyridine rings is 1. The minimum atomic E-state index is -0.104. The molecule has 1 saturated carbocycles. The number of urea groups is 1. The standard InChI is InChI=1S/C17H22N4OS/c1-12-5-10-16(23-12)21-17(22)20-14-8-6-13(7-9-14)19-15-4-2-3-11-18-15/h2-5,10-11,13-14H,6-9H2,1H3,(H,18,19)(H2,20,21,22). The maximum absolute atomic E-state index is 12.0. The third kappa shape index (κ3) is 4.69. The number of aryl methyl sites for hydroxylation is 1. The predicted octanol–water partition coefficient (Wildman–Crippen LogP) is 4.00. The summed E-state index contributed by atoms with van der Waals surface area (Å²) in [6.45, 7) is 2.03. The van der Waals surface area contributed by atoms with Crippen LogP contribution in [-0.2, 0) is 0 Å². The summed E-state index contributed by atoms with van der Waals surface area (Å²) >= 11 is 1.59. The first-order valence-electron chi connectivity index (χ1n) is 8.00. The van der Waals surface area contributed by atoms with Crippen LogP contribution in [0.25, 0.3) is 0 Å². The summed E-state index contributed by atoms with van der Waals surface area (Å²) in [6, 6.07) is 10.4. The van der Waals surface area contributed by atoms with Crippen LogP contribution in [0.1, 0.15) is 30.6 Å². The minimum Gasteiger partial charge on any atom is -0.367 e. The van der Waals surface area contributed by atoms with Crippen LogP contribution < -0.4 is 16.0 Å². The number of thiophene rings is 1. The van der Waals surface area contributed by atoms with E-state index in [1.807, 2.05) is 37.3 Å². The first-order valence-corrected chi connectivity index (χ1v) is 8.82. The molecule has 2 heterocycles. The zero-order valence-electron chi connectivity index (χ0n) is 13.2. The largest absolute Gasteiger partial charge is 0.367 e. The normalized spacial score (nSPS) is 20.7. The molecule has 5 nitrogen and oxygen atoms in total. The van der Waals surface area contributed by atoms with Gasteiger partial charge in [-0.3, -0.25) is 5.32 Å². The van der Waals surface area contributed by atoms with E-state index >= 15 is 0 Å². The van der Waals surface area contributed by atoms with Crippen LogP contribution in [0.4, 0.5) is 15.6 Å². The lowest BCUT2D eigenvalue weighted by atomic mass is 9.91. The third-order valence-electron chi connectivity index (χ3n) is 4.06. The molecule has 2 amide bonds. The van der Waals surface area contributed by atoms with Crippen LogP contribution in [-0.4, -0.2) is 23.1 Å². The van der Waals surface area contributed by atoms with E-state index < -0.39 is 0 Å². The number of rotatable bonds is 4. The fraction of sp³-hybridized carbons (Fsp3) is 0.412. The summed E-state index contributed by atoms with van der Waals surface area (Å²) in [4.78, 5) is 17.5. The second-order valence-electron chi connectivity index (χ2n) is 5.92. The number of carbonyl (C=O) groups is 1. The van der Waals surface area contributed by atoms with Gasteiger partial charge in [-0.05, 0) is 56.9 Å². The van der Waals surface area contributed by atoms with E-state index in [0.29, 0.717) is 6.04 Å². The average Bonchev–Trinajstić information content (AvgIpc) is 2.95. The highest BCUT2D eigenvalue weighted by atomic mass is 32.1. The van der Waals surface area contributed by atoms with Crippen molar-refractivity contribution in [1.82, 2.24) is 10.3 Å². The van der Waals surface area contributed by atoms with E-state index in [-0.39, 0.29) is 12.1 Å². The van der Waals surface area contributed by atoms with Crippen LogP contribution in [0, 0.1) is 6.92 Å². The predicted molar refractivity (Wildman–Crippen MR) is 95.1 cm³/mol. The Bertz CT molecular complexity index is 635. The molecule has 1 aliphatic carbocycles. The van der Waals surface area contributed by atoms with Gasteiger partial charge in [-0.15, -0.1) is 11.3 Å². The number of amides is 2. The second-order valence-corrected chi connectivity index (χ2v) is 7.20. The van der Waals surface area contributed by atoms with E-state index in [1.165, 1.54) is 4.88 Å². The number of carbonyl (C=O) groups excluding carboxylic acids is 1. The zero-order chi connectivity index (χ0) is 16.1. The highest BCUT2D eigenvalue weighted by molar-refractivity contribution is 7.16. The molecule has 2 aromatic heterocycles. The van der Waals surface area contributed by atoms with Crippen molar-refractivity contribution in [3.63, 3.8) is 0 Å². The summed E-state index contributed by atoms with van der Waals surface area (Å²) in [7, 11) is 0. The molecule has 3 N–H and O–H groups in total. The summed E-state index contributed by atoms with van der Waals surface area (Å²) in [6.07, 6.45) is 5.86. The number of hydrogen-bond acceptors (Lipinski definition) is 4. The summed E-state index contributed by atoms with van der Waals surface area (Å²) in [5.74, 6) is 0.926. The SMILES string of the molecule is Cc1ccc(NC(=O)NC2CCC(Nc3ccccn3)CC2)s1. The van der Waals surface area contributed by atoms with Gasteiger partial charge in [-0.1, -0.05) is 6.07 Å². The number of aromatic nitrogens is 1. The molecular formula is C17H22N4OS. The van der Waals surface area contributed by atoms with Crippen molar-refractivity contribution in [3.8, 4) is 0 Å². The molecule has 1 fully saturated rings. The Hall–Kier alpha value is -2.08. The van der Waals surface area contributed by atoms with Crippen LogP contribution in [0.2, 0.25) is 0 Å². The van der Waals surface area contributed by atoms with E-state index in [0.717, 1.165) is 36.5 Å². The van der Waals surface area contributed by atoms with E-state index in [9.17, 15) is 4.79 Å². The van der Waals surface area contributed by atoms with Crippen molar-refractivity contribution in [3.05, 3.63) is 41.4 Å². The molecule has 0 saturated heterocycles. The van der Waals surface area contributed by atoms with Crippen LogP contribution in [0.3, 0.4) is 0 Å². The van der Waals surface area contributed by atoms with Gasteiger partial charge in [0.2, 0.25) is 0 Å². The number of hydrogen-bond donors (Lipinski definition) is 3. The van der Waals surface area contributed by atoms with Gasteiger partial charge in [0.05, 0.1) is 5.00 Å². The molecule has 2 aromatic rings. The monoisotopic (exact) mass is 330 g/mol. The molecular weight excluding hydrogens is 308 g/mol. The molecule has 0 atom stereocenters. The van der Waals surface area contributed by atoms with Gasteiger partial charge in [0, 0.05) is 23.2 Å². The van der Waals surface area contributed by atoms with Crippen molar-refractivity contribution in [2.24, 2.45) is 0 Å². The average molecular weight is 330 g/mol. The lowest BCUT2D eigenvalue weighted by Crippen LogP contribution is -2.42. The van der Waals surface area contributed by atoms with Crippen molar-refractivity contribution >= 4 is 28.2 Å². The van der Waals surface area contributed by atoms with Gasteiger partial charge in [0.25, 0.3) is 0 Å². The molecule has 0 bridgehead atoms. The Balaban J connectivity index is 1.41. The van der Waals surface area contributed by atoms with E-state index in [2.05, 4.69) is 20.9 Å². The number of nitrogens with one attached hydrogen (secondary N) is 3. The Kier molecular flexibility index (Phi) is 5.12. The van der Waals surface area contributed by atoms with E-state index in [4.69, 9.17) is 0 Å². The summed E-state index contributed by atoms with van der Waals surface area (Å²) in [5.41, 5.74) is 0. The molecule has 122 valence electrons. The molecule has 0 aromatic carbocycles. The van der Waals surface area contributed by atoms with E-state index in [1.54, 1.807) is 17.5 Å². The first kappa shape index (κ1) is 15.8. The number of nitrogens with zero attached hydrogens (tertiary/aromatic N) is 1. The molecule has 0 aliphatic heterocycles. The highest BCUT2D eigenvalue weighted by Gasteiger charge is 2.22.